The molecule has 0 saturated heterocycles. The summed E-state index contributed by atoms with van der Waals surface area (Å²) in [7, 11) is 0. The Hall–Kier alpha value is -2.88. The van der Waals surface area contributed by atoms with E-state index in [1.165, 1.54) is 4.68 Å². The first kappa shape index (κ1) is 13.1. The summed E-state index contributed by atoms with van der Waals surface area (Å²) in [6.07, 6.45) is 0. The van der Waals surface area contributed by atoms with Crippen molar-refractivity contribution in [2.24, 2.45) is 0 Å². The number of carbonyl (C=O) groups is 1. The van der Waals surface area contributed by atoms with E-state index in [4.69, 9.17) is 0 Å². The molecule has 1 N–H and O–H groups in total. The standard InChI is InChI=1S/C17H14N2O2/c1-12-16(20)15(17(21)13-8-4-2-5-9-13)19(18-12)14-10-6-3-7-11-14/h2-11,20H,1H3. The van der Waals surface area contributed by atoms with E-state index < -0.39 is 0 Å². The maximum Gasteiger partial charge on any atom is 0.215 e. The number of carbonyl (C=O) groups excluding carboxylic acids is 1. The molecule has 104 valence electrons. The van der Waals surface area contributed by atoms with Gasteiger partial charge in [0.25, 0.3) is 0 Å². The molecule has 3 rings (SSSR count). The molecule has 21 heavy (non-hydrogen) atoms. The fourth-order valence-corrected chi connectivity index (χ4v) is 2.21. The lowest BCUT2D eigenvalue weighted by Gasteiger charge is -2.07. The van der Waals surface area contributed by atoms with Gasteiger partial charge >= 0.3 is 0 Å². The van der Waals surface area contributed by atoms with Crippen LogP contribution in [0.2, 0.25) is 0 Å². The van der Waals surface area contributed by atoms with Crippen LogP contribution in [0.4, 0.5) is 0 Å². The average Bonchev–Trinajstić information content (AvgIpc) is 2.84. The van der Waals surface area contributed by atoms with Gasteiger partial charge in [-0.2, -0.15) is 5.10 Å². The number of rotatable bonds is 3. The van der Waals surface area contributed by atoms with Gasteiger partial charge in [0.05, 0.1) is 5.69 Å². The highest BCUT2D eigenvalue weighted by atomic mass is 16.3. The van der Waals surface area contributed by atoms with Crippen molar-refractivity contribution in [3.8, 4) is 11.4 Å². The molecule has 0 atom stereocenters. The molecule has 0 saturated carbocycles. The summed E-state index contributed by atoms with van der Waals surface area (Å²) in [5, 5.41) is 14.5. The van der Waals surface area contributed by atoms with Crippen molar-refractivity contribution in [3.63, 3.8) is 0 Å². The summed E-state index contributed by atoms with van der Waals surface area (Å²) < 4.78 is 1.49. The van der Waals surface area contributed by atoms with Gasteiger partial charge in [0, 0.05) is 5.56 Å². The Balaban J connectivity index is 2.17. The minimum Gasteiger partial charge on any atom is -0.504 e. The zero-order chi connectivity index (χ0) is 14.8. The SMILES string of the molecule is Cc1nn(-c2ccccc2)c(C(=O)c2ccccc2)c1O. The molecule has 0 aliphatic carbocycles. The molecule has 3 aromatic rings. The quantitative estimate of drug-likeness (QED) is 0.749. The molecule has 0 unspecified atom stereocenters. The third kappa shape index (κ3) is 2.31. The first-order chi connectivity index (χ1) is 10.2. The molecule has 1 aromatic heterocycles. The number of aromatic hydroxyl groups is 1. The second kappa shape index (κ2) is 5.25. The maximum atomic E-state index is 12.7. The van der Waals surface area contributed by atoms with Crippen LogP contribution in [0.15, 0.2) is 60.7 Å². The summed E-state index contributed by atoms with van der Waals surface area (Å²) in [5.74, 6) is -0.328. The van der Waals surface area contributed by atoms with Crippen molar-refractivity contribution in [3.05, 3.63) is 77.6 Å². The van der Waals surface area contributed by atoms with Gasteiger partial charge in [-0.1, -0.05) is 48.5 Å². The maximum absolute atomic E-state index is 12.7. The van der Waals surface area contributed by atoms with E-state index in [9.17, 15) is 9.90 Å². The molecular weight excluding hydrogens is 264 g/mol. The molecular formula is C17H14N2O2. The van der Waals surface area contributed by atoms with E-state index >= 15 is 0 Å². The Kier molecular flexibility index (Phi) is 3.28. The lowest BCUT2D eigenvalue weighted by Crippen LogP contribution is -2.10. The van der Waals surface area contributed by atoms with E-state index in [-0.39, 0.29) is 17.2 Å². The minimum absolute atomic E-state index is 0.0762. The summed E-state index contributed by atoms with van der Waals surface area (Å²) in [6, 6.07) is 18.2. The molecule has 0 bridgehead atoms. The van der Waals surface area contributed by atoms with Crippen LogP contribution in [0.1, 0.15) is 21.7 Å². The third-order valence-corrected chi connectivity index (χ3v) is 3.28. The number of nitrogens with zero attached hydrogens (tertiary/aromatic N) is 2. The lowest BCUT2D eigenvalue weighted by atomic mass is 10.1. The van der Waals surface area contributed by atoms with E-state index in [1.807, 2.05) is 36.4 Å². The highest BCUT2D eigenvalue weighted by molar-refractivity contribution is 6.10. The Morgan fingerprint density at radius 3 is 2.19 bits per heavy atom. The molecule has 0 spiro atoms. The van der Waals surface area contributed by atoms with Gasteiger partial charge in [0.1, 0.15) is 5.69 Å². The predicted molar refractivity (Wildman–Crippen MR) is 79.8 cm³/mol. The van der Waals surface area contributed by atoms with Gasteiger partial charge in [-0.15, -0.1) is 0 Å². The van der Waals surface area contributed by atoms with E-state index in [0.29, 0.717) is 11.3 Å². The molecule has 4 heteroatoms. The molecule has 2 aromatic carbocycles. The Morgan fingerprint density at radius 1 is 1.00 bits per heavy atom. The van der Waals surface area contributed by atoms with Gasteiger partial charge in [0.15, 0.2) is 11.4 Å². The smallest absolute Gasteiger partial charge is 0.215 e. The van der Waals surface area contributed by atoms with Gasteiger partial charge < -0.3 is 5.11 Å². The van der Waals surface area contributed by atoms with Crippen molar-refractivity contribution in [2.75, 3.05) is 0 Å². The molecule has 1 heterocycles. The molecule has 0 radical (unpaired) electrons. The number of aromatic nitrogens is 2. The van der Waals surface area contributed by atoms with Crippen LogP contribution >= 0.6 is 0 Å². The summed E-state index contributed by atoms with van der Waals surface area (Å²) in [4.78, 5) is 12.7. The molecule has 0 amide bonds. The van der Waals surface area contributed by atoms with Crippen LogP contribution in [-0.2, 0) is 0 Å². The first-order valence-corrected chi connectivity index (χ1v) is 6.62. The van der Waals surface area contributed by atoms with Crippen LogP contribution in [0.3, 0.4) is 0 Å². The van der Waals surface area contributed by atoms with Crippen LogP contribution in [0.5, 0.6) is 5.75 Å². The normalized spacial score (nSPS) is 10.5. The fraction of sp³-hybridized carbons (Fsp3) is 0.0588. The topological polar surface area (TPSA) is 55.1 Å². The Labute approximate surface area is 122 Å². The highest BCUT2D eigenvalue weighted by Crippen LogP contribution is 2.26. The highest BCUT2D eigenvalue weighted by Gasteiger charge is 2.23. The zero-order valence-electron chi connectivity index (χ0n) is 11.5. The molecule has 0 fully saturated rings. The van der Waals surface area contributed by atoms with Crippen molar-refractivity contribution in [1.82, 2.24) is 9.78 Å². The molecule has 4 nitrogen and oxygen atoms in total. The monoisotopic (exact) mass is 278 g/mol. The van der Waals surface area contributed by atoms with Crippen LogP contribution in [-0.4, -0.2) is 20.7 Å². The number of benzene rings is 2. The minimum atomic E-state index is -0.252. The lowest BCUT2D eigenvalue weighted by molar-refractivity contribution is 0.102. The van der Waals surface area contributed by atoms with Gasteiger partial charge in [-0.25, -0.2) is 4.68 Å². The van der Waals surface area contributed by atoms with E-state index in [0.717, 1.165) is 5.69 Å². The summed E-state index contributed by atoms with van der Waals surface area (Å²) >= 11 is 0. The molecule has 0 aliphatic rings. The second-order valence-electron chi connectivity index (χ2n) is 4.73. The summed E-state index contributed by atoms with van der Waals surface area (Å²) in [6.45, 7) is 1.68. The van der Waals surface area contributed by atoms with Crippen LogP contribution < -0.4 is 0 Å². The zero-order valence-corrected chi connectivity index (χ0v) is 11.5. The fourth-order valence-electron chi connectivity index (χ4n) is 2.21. The number of hydrogen-bond acceptors (Lipinski definition) is 3. The van der Waals surface area contributed by atoms with Crippen molar-refractivity contribution in [2.45, 2.75) is 6.92 Å². The number of para-hydroxylation sites is 1. The second-order valence-corrected chi connectivity index (χ2v) is 4.73. The Bertz CT molecular complexity index is 777. The van der Waals surface area contributed by atoms with Gasteiger partial charge in [0.2, 0.25) is 5.78 Å². The van der Waals surface area contributed by atoms with E-state index in [1.54, 1.807) is 31.2 Å². The average molecular weight is 278 g/mol. The Morgan fingerprint density at radius 2 is 1.57 bits per heavy atom. The van der Waals surface area contributed by atoms with E-state index in [2.05, 4.69) is 5.10 Å². The number of hydrogen-bond donors (Lipinski definition) is 1. The summed E-state index contributed by atoms with van der Waals surface area (Å²) in [5.41, 5.74) is 1.87. The number of aryl methyl sites for hydroxylation is 1. The number of ketones is 1. The van der Waals surface area contributed by atoms with Crippen LogP contribution in [0.25, 0.3) is 5.69 Å². The van der Waals surface area contributed by atoms with Crippen LogP contribution in [0, 0.1) is 6.92 Å². The largest absolute Gasteiger partial charge is 0.504 e. The third-order valence-electron chi connectivity index (χ3n) is 3.28. The van der Waals surface area contributed by atoms with Gasteiger partial charge in [-0.05, 0) is 19.1 Å². The van der Waals surface area contributed by atoms with Gasteiger partial charge in [-0.3, -0.25) is 4.79 Å². The van der Waals surface area contributed by atoms with Crippen molar-refractivity contribution >= 4 is 5.78 Å². The van der Waals surface area contributed by atoms with Crippen molar-refractivity contribution < 1.29 is 9.90 Å². The van der Waals surface area contributed by atoms with Crippen molar-refractivity contribution in [1.29, 1.82) is 0 Å². The predicted octanol–water partition coefficient (Wildman–Crippen LogP) is 3.12. The molecule has 0 aliphatic heterocycles. The first-order valence-electron chi connectivity index (χ1n) is 6.62.